The van der Waals surface area contributed by atoms with E-state index in [1.165, 1.54) is 11.5 Å². The van der Waals surface area contributed by atoms with Gasteiger partial charge >= 0.3 is 6.01 Å². The van der Waals surface area contributed by atoms with Gasteiger partial charge in [0.25, 0.3) is 0 Å². The minimum absolute atomic E-state index is 0.0778. The van der Waals surface area contributed by atoms with Gasteiger partial charge in [-0.15, -0.1) is 4.37 Å². The Morgan fingerprint density at radius 1 is 1.36 bits per heavy atom. The van der Waals surface area contributed by atoms with Crippen LogP contribution in [0.25, 0.3) is 0 Å². The predicted molar refractivity (Wildman–Crippen MR) is 45.2 cm³/mol. The first-order valence-corrected chi connectivity index (χ1v) is 4.19. The molecule has 3 nitrogen and oxygen atoms in total. The Morgan fingerprint density at radius 3 is 2.27 bits per heavy atom. The van der Waals surface area contributed by atoms with Crippen molar-refractivity contribution in [1.29, 1.82) is 0 Å². The Kier molecular flexibility index (Phi) is 2.13. The molecule has 0 saturated carbocycles. The van der Waals surface area contributed by atoms with Crippen LogP contribution in [0.4, 0.5) is 0 Å². The van der Waals surface area contributed by atoms with Crippen LogP contribution >= 0.6 is 11.5 Å². The molecular weight excluding hydrogens is 160 g/mol. The predicted octanol–water partition coefficient (Wildman–Crippen LogP) is 1.84. The fourth-order valence-corrected chi connectivity index (χ4v) is 1.27. The van der Waals surface area contributed by atoms with Gasteiger partial charge in [-0.25, -0.2) is 0 Å². The highest BCUT2D eigenvalue weighted by atomic mass is 32.1. The number of hydrogen-bond acceptors (Lipinski definition) is 4. The first-order chi connectivity index (χ1) is 5.04. The van der Waals surface area contributed by atoms with E-state index in [2.05, 4.69) is 30.1 Å². The molecule has 0 fully saturated rings. The van der Waals surface area contributed by atoms with E-state index in [-0.39, 0.29) is 5.41 Å². The van der Waals surface area contributed by atoms with E-state index in [0.717, 1.165) is 5.01 Å². The van der Waals surface area contributed by atoms with E-state index in [1.54, 1.807) is 7.11 Å². The van der Waals surface area contributed by atoms with Crippen LogP contribution < -0.4 is 4.74 Å². The number of methoxy groups -OCH3 is 1. The van der Waals surface area contributed by atoms with Gasteiger partial charge in [-0.2, -0.15) is 4.98 Å². The Balaban J connectivity index is 2.89. The standard InChI is InChI=1S/C7H12N2OS/c1-7(2,3)5-8-6(10-4)9-11-5/h1-4H3. The summed E-state index contributed by atoms with van der Waals surface area (Å²) in [6, 6.07) is 0.472. The van der Waals surface area contributed by atoms with Crippen molar-refractivity contribution in [1.82, 2.24) is 9.36 Å². The van der Waals surface area contributed by atoms with Gasteiger partial charge in [-0.1, -0.05) is 20.8 Å². The zero-order valence-corrected chi connectivity index (χ0v) is 8.03. The third-order valence-corrected chi connectivity index (χ3v) is 2.36. The molecule has 1 aromatic heterocycles. The van der Waals surface area contributed by atoms with Crippen LogP contribution in [0.15, 0.2) is 0 Å². The summed E-state index contributed by atoms with van der Waals surface area (Å²) >= 11 is 1.39. The summed E-state index contributed by atoms with van der Waals surface area (Å²) in [5.74, 6) is 0. The molecule has 4 heteroatoms. The second-order valence-electron chi connectivity index (χ2n) is 3.34. The SMILES string of the molecule is COc1nsc(C(C)(C)C)n1. The second-order valence-corrected chi connectivity index (χ2v) is 4.09. The van der Waals surface area contributed by atoms with Crippen molar-refractivity contribution in [3.63, 3.8) is 0 Å². The summed E-state index contributed by atoms with van der Waals surface area (Å²) in [5.41, 5.74) is 0.0778. The molecular formula is C7H12N2OS. The lowest BCUT2D eigenvalue weighted by Gasteiger charge is -2.12. The summed E-state index contributed by atoms with van der Waals surface area (Å²) in [6.45, 7) is 6.31. The van der Waals surface area contributed by atoms with Gasteiger partial charge in [0, 0.05) is 5.41 Å². The van der Waals surface area contributed by atoms with Crippen molar-refractivity contribution >= 4 is 11.5 Å². The van der Waals surface area contributed by atoms with Gasteiger partial charge in [0.1, 0.15) is 5.01 Å². The van der Waals surface area contributed by atoms with Crippen LogP contribution in [-0.4, -0.2) is 16.5 Å². The average molecular weight is 172 g/mol. The van der Waals surface area contributed by atoms with Crippen molar-refractivity contribution in [3.05, 3.63) is 5.01 Å². The topological polar surface area (TPSA) is 35.0 Å². The fraction of sp³-hybridized carbons (Fsp3) is 0.714. The highest BCUT2D eigenvalue weighted by molar-refractivity contribution is 7.05. The Bertz CT molecular complexity index is 239. The molecule has 0 N–H and O–H groups in total. The molecule has 1 aromatic rings. The summed E-state index contributed by atoms with van der Waals surface area (Å²) in [5, 5.41) is 1.01. The lowest BCUT2D eigenvalue weighted by molar-refractivity contribution is 0.382. The average Bonchev–Trinajstić information content (AvgIpc) is 2.32. The van der Waals surface area contributed by atoms with Gasteiger partial charge in [0.2, 0.25) is 0 Å². The van der Waals surface area contributed by atoms with E-state index in [0.29, 0.717) is 6.01 Å². The lowest BCUT2D eigenvalue weighted by atomic mass is 9.98. The highest BCUT2D eigenvalue weighted by Gasteiger charge is 2.19. The maximum absolute atomic E-state index is 4.88. The molecule has 0 saturated heterocycles. The van der Waals surface area contributed by atoms with Crippen LogP contribution in [-0.2, 0) is 5.41 Å². The van der Waals surface area contributed by atoms with Gasteiger partial charge in [0.15, 0.2) is 0 Å². The van der Waals surface area contributed by atoms with Crippen molar-refractivity contribution < 1.29 is 4.74 Å². The fourth-order valence-electron chi connectivity index (χ4n) is 0.598. The van der Waals surface area contributed by atoms with Crippen LogP contribution in [0.5, 0.6) is 6.01 Å². The van der Waals surface area contributed by atoms with E-state index in [1.807, 2.05) is 0 Å². The molecule has 0 aliphatic carbocycles. The molecule has 0 spiro atoms. The molecule has 0 bridgehead atoms. The molecule has 0 amide bonds. The number of aromatic nitrogens is 2. The molecule has 1 heterocycles. The first-order valence-electron chi connectivity index (χ1n) is 3.42. The molecule has 0 aliphatic rings. The summed E-state index contributed by atoms with van der Waals surface area (Å²) < 4.78 is 8.89. The Morgan fingerprint density at radius 2 is 2.00 bits per heavy atom. The number of ether oxygens (including phenoxy) is 1. The van der Waals surface area contributed by atoms with E-state index < -0.39 is 0 Å². The van der Waals surface area contributed by atoms with Gasteiger partial charge < -0.3 is 4.74 Å². The van der Waals surface area contributed by atoms with Crippen molar-refractivity contribution in [2.24, 2.45) is 0 Å². The van der Waals surface area contributed by atoms with Crippen molar-refractivity contribution in [3.8, 4) is 6.01 Å². The molecule has 1 rings (SSSR count). The van der Waals surface area contributed by atoms with E-state index >= 15 is 0 Å². The maximum atomic E-state index is 4.88. The normalized spacial score (nSPS) is 11.6. The van der Waals surface area contributed by atoms with Crippen LogP contribution in [0.2, 0.25) is 0 Å². The van der Waals surface area contributed by atoms with Crippen molar-refractivity contribution in [2.75, 3.05) is 7.11 Å². The zero-order valence-electron chi connectivity index (χ0n) is 7.21. The van der Waals surface area contributed by atoms with Crippen LogP contribution in [0.3, 0.4) is 0 Å². The summed E-state index contributed by atoms with van der Waals surface area (Å²) in [4.78, 5) is 4.19. The van der Waals surface area contributed by atoms with Gasteiger partial charge in [-0.3, -0.25) is 0 Å². The molecule has 0 unspecified atom stereocenters. The van der Waals surface area contributed by atoms with E-state index in [4.69, 9.17) is 4.74 Å². The number of rotatable bonds is 1. The number of hydrogen-bond donors (Lipinski definition) is 0. The largest absolute Gasteiger partial charge is 0.466 e. The molecule has 0 aromatic carbocycles. The smallest absolute Gasteiger partial charge is 0.328 e. The number of nitrogens with zero attached hydrogens (tertiary/aromatic N) is 2. The second kappa shape index (κ2) is 2.77. The lowest BCUT2D eigenvalue weighted by Crippen LogP contribution is -2.10. The third kappa shape index (κ3) is 1.89. The maximum Gasteiger partial charge on any atom is 0.328 e. The molecule has 0 radical (unpaired) electrons. The van der Waals surface area contributed by atoms with Crippen molar-refractivity contribution in [2.45, 2.75) is 26.2 Å². The van der Waals surface area contributed by atoms with Crippen LogP contribution in [0, 0.1) is 0 Å². The monoisotopic (exact) mass is 172 g/mol. The third-order valence-electron chi connectivity index (χ3n) is 1.23. The molecule has 11 heavy (non-hydrogen) atoms. The van der Waals surface area contributed by atoms with Gasteiger partial charge in [0.05, 0.1) is 7.11 Å². The Labute approximate surface area is 70.6 Å². The molecule has 62 valence electrons. The molecule has 0 atom stereocenters. The first kappa shape index (κ1) is 8.46. The van der Waals surface area contributed by atoms with Gasteiger partial charge in [-0.05, 0) is 11.5 Å². The summed E-state index contributed by atoms with van der Waals surface area (Å²) in [6.07, 6.45) is 0. The minimum atomic E-state index is 0.0778. The summed E-state index contributed by atoms with van der Waals surface area (Å²) in [7, 11) is 1.58. The highest BCUT2D eigenvalue weighted by Crippen LogP contribution is 2.25. The quantitative estimate of drug-likeness (QED) is 0.648. The minimum Gasteiger partial charge on any atom is -0.466 e. The zero-order chi connectivity index (χ0) is 8.48. The Hall–Kier alpha value is -0.640. The van der Waals surface area contributed by atoms with Crippen LogP contribution in [0.1, 0.15) is 25.8 Å². The van der Waals surface area contributed by atoms with E-state index in [9.17, 15) is 0 Å². The molecule has 0 aliphatic heterocycles.